The maximum Gasteiger partial charge on any atom is 0.574 e. The summed E-state index contributed by atoms with van der Waals surface area (Å²) in [4.78, 5) is 13.8. The van der Waals surface area contributed by atoms with E-state index in [-0.39, 0.29) is 5.69 Å². The maximum absolute atomic E-state index is 11.8. The highest BCUT2D eigenvalue weighted by molar-refractivity contribution is 6.67. The molecule has 0 spiro atoms. The minimum atomic E-state index is -4.90. The lowest BCUT2D eigenvalue weighted by Gasteiger charge is -2.08. The summed E-state index contributed by atoms with van der Waals surface area (Å²) in [6.07, 6.45) is -4.90. The molecule has 0 radical (unpaired) electrons. The normalized spacial score (nSPS) is 11.2. The highest BCUT2D eigenvalue weighted by Gasteiger charge is 2.32. The Labute approximate surface area is 86.8 Å². The maximum atomic E-state index is 11.8. The van der Waals surface area contributed by atoms with Gasteiger partial charge in [-0.3, -0.25) is 4.79 Å². The Kier molecular flexibility index (Phi) is 3.04. The van der Waals surface area contributed by atoms with Gasteiger partial charge in [-0.1, -0.05) is 0 Å². The van der Waals surface area contributed by atoms with Crippen molar-refractivity contribution in [2.75, 3.05) is 5.73 Å². The van der Waals surface area contributed by atoms with Crippen molar-refractivity contribution in [2.45, 2.75) is 6.36 Å². The Morgan fingerprint density at radius 1 is 1.47 bits per heavy atom. The molecular weight excluding hydrogens is 237 g/mol. The van der Waals surface area contributed by atoms with Crippen LogP contribution in [0, 0.1) is 0 Å². The second kappa shape index (κ2) is 3.93. The first kappa shape index (κ1) is 11.6. The zero-order valence-electron chi connectivity index (χ0n) is 7.01. The van der Waals surface area contributed by atoms with E-state index in [9.17, 15) is 18.0 Å². The lowest BCUT2D eigenvalue weighted by Crippen LogP contribution is -2.18. The molecule has 0 saturated carbocycles. The minimum Gasteiger partial charge on any atom is -0.399 e. The fraction of sp³-hybridized carbons (Fsp3) is 0.143. The molecule has 0 aliphatic rings. The fourth-order valence-electron chi connectivity index (χ4n) is 0.797. The molecular formula is C7H4ClF3N2O2. The Hall–Kier alpha value is -1.50. The number of carbonyl (C=O) groups is 1. The van der Waals surface area contributed by atoms with Crippen molar-refractivity contribution < 1.29 is 22.7 Å². The molecule has 0 saturated heterocycles. The van der Waals surface area contributed by atoms with Gasteiger partial charge >= 0.3 is 6.36 Å². The van der Waals surface area contributed by atoms with Gasteiger partial charge in [0, 0.05) is 11.8 Å². The van der Waals surface area contributed by atoms with Crippen LogP contribution in [0.2, 0.25) is 0 Å². The average Bonchev–Trinajstić information content (AvgIpc) is 1.99. The zero-order valence-corrected chi connectivity index (χ0v) is 7.76. The third-order valence-corrected chi connectivity index (χ3v) is 1.44. The van der Waals surface area contributed by atoms with E-state index in [4.69, 9.17) is 17.3 Å². The molecule has 1 aromatic heterocycles. The summed E-state index contributed by atoms with van der Waals surface area (Å²) >= 11 is 5.02. The Bertz CT molecular complexity index is 394. The average molecular weight is 241 g/mol. The van der Waals surface area contributed by atoms with Gasteiger partial charge in [-0.25, -0.2) is 4.98 Å². The fourth-order valence-corrected chi connectivity index (χ4v) is 0.894. The van der Waals surface area contributed by atoms with E-state index in [1.807, 2.05) is 0 Å². The van der Waals surface area contributed by atoms with Crippen LogP contribution < -0.4 is 10.5 Å². The number of ether oxygens (including phenoxy) is 1. The number of carbonyl (C=O) groups excluding carboxylic acids is 1. The molecule has 15 heavy (non-hydrogen) atoms. The summed E-state index contributed by atoms with van der Waals surface area (Å²) in [5.41, 5.74) is 4.71. The number of anilines is 1. The molecule has 82 valence electrons. The lowest BCUT2D eigenvalue weighted by molar-refractivity contribution is -0.276. The van der Waals surface area contributed by atoms with Crippen molar-refractivity contribution in [1.82, 2.24) is 4.98 Å². The summed E-state index contributed by atoms with van der Waals surface area (Å²) in [6, 6.07) is 1.87. The second-order valence-electron chi connectivity index (χ2n) is 2.45. The SMILES string of the molecule is Nc1cc(OC(F)(F)F)nc(C(=O)Cl)c1. The number of halogens is 4. The van der Waals surface area contributed by atoms with Crippen molar-refractivity contribution in [2.24, 2.45) is 0 Å². The third-order valence-electron chi connectivity index (χ3n) is 1.25. The molecule has 8 heteroatoms. The van der Waals surface area contributed by atoms with Crippen molar-refractivity contribution >= 4 is 22.5 Å². The molecule has 0 amide bonds. The molecule has 1 rings (SSSR count). The van der Waals surface area contributed by atoms with E-state index >= 15 is 0 Å². The van der Waals surface area contributed by atoms with Gasteiger partial charge < -0.3 is 10.5 Å². The first-order valence-electron chi connectivity index (χ1n) is 3.51. The minimum absolute atomic E-state index is 0.103. The van der Waals surface area contributed by atoms with E-state index < -0.39 is 23.2 Å². The largest absolute Gasteiger partial charge is 0.574 e. The van der Waals surface area contributed by atoms with Crippen molar-refractivity contribution in [3.63, 3.8) is 0 Å². The van der Waals surface area contributed by atoms with Gasteiger partial charge in [-0.2, -0.15) is 0 Å². The Morgan fingerprint density at radius 3 is 2.53 bits per heavy atom. The molecule has 0 fully saturated rings. The van der Waals surface area contributed by atoms with E-state index in [0.29, 0.717) is 0 Å². The van der Waals surface area contributed by atoms with E-state index in [1.54, 1.807) is 0 Å². The van der Waals surface area contributed by atoms with Crippen molar-refractivity contribution in [3.8, 4) is 5.88 Å². The molecule has 0 aromatic carbocycles. The van der Waals surface area contributed by atoms with Crippen molar-refractivity contribution in [3.05, 3.63) is 17.8 Å². The predicted molar refractivity (Wildman–Crippen MR) is 45.5 cm³/mol. The van der Waals surface area contributed by atoms with Gasteiger partial charge in [-0.05, 0) is 17.7 Å². The van der Waals surface area contributed by atoms with Crippen LogP contribution in [0.1, 0.15) is 10.5 Å². The number of nitrogen functional groups attached to an aromatic ring is 1. The number of alkyl halides is 3. The Balaban J connectivity index is 3.04. The molecule has 0 unspecified atom stereocenters. The summed E-state index contributed by atoms with van der Waals surface area (Å²) in [5, 5.41) is -1.02. The van der Waals surface area contributed by atoms with Gasteiger partial charge in [0.1, 0.15) is 5.69 Å². The predicted octanol–water partition coefficient (Wildman–Crippen LogP) is 1.94. The molecule has 0 bridgehead atoms. The van der Waals surface area contributed by atoms with Gasteiger partial charge in [0.2, 0.25) is 5.88 Å². The van der Waals surface area contributed by atoms with Crippen LogP contribution >= 0.6 is 11.6 Å². The first-order chi connectivity index (χ1) is 6.78. The van der Waals surface area contributed by atoms with Gasteiger partial charge in [0.05, 0.1) is 0 Å². The molecule has 1 aromatic rings. The van der Waals surface area contributed by atoms with Crippen LogP contribution in [-0.2, 0) is 0 Å². The summed E-state index contributed by atoms with van der Waals surface area (Å²) in [6.45, 7) is 0. The third kappa shape index (κ3) is 3.62. The molecule has 2 N–H and O–H groups in total. The van der Waals surface area contributed by atoms with Crippen LogP contribution in [0.5, 0.6) is 5.88 Å². The van der Waals surface area contributed by atoms with Crippen LogP contribution in [-0.4, -0.2) is 16.6 Å². The van der Waals surface area contributed by atoms with E-state index in [0.717, 1.165) is 12.1 Å². The monoisotopic (exact) mass is 240 g/mol. The van der Waals surface area contributed by atoms with Crippen LogP contribution in [0.4, 0.5) is 18.9 Å². The Morgan fingerprint density at radius 2 is 2.07 bits per heavy atom. The molecule has 0 aliphatic carbocycles. The smallest absolute Gasteiger partial charge is 0.399 e. The van der Waals surface area contributed by atoms with Gasteiger partial charge in [0.15, 0.2) is 0 Å². The number of nitrogens with zero attached hydrogens (tertiary/aromatic N) is 1. The van der Waals surface area contributed by atoms with Gasteiger partial charge in [-0.15, -0.1) is 13.2 Å². The molecule has 0 aliphatic heterocycles. The number of pyridine rings is 1. The highest BCUT2D eigenvalue weighted by atomic mass is 35.5. The second-order valence-corrected chi connectivity index (χ2v) is 2.79. The number of nitrogens with two attached hydrogens (primary N) is 1. The molecule has 0 atom stereocenters. The van der Waals surface area contributed by atoms with E-state index in [2.05, 4.69) is 9.72 Å². The standard InChI is InChI=1S/C7H4ClF3N2O2/c8-6(14)4-1-3(12)2-5(13-4)15-7(9,10)11/h1-2H,(H2,12,13). The lowest BCUT2D eigenvalue weighted by atomic mass is 10.3. The van der Waals surface area contributed by atoms with E-state index in [1.165, 1.54) is 0 Å². The zero-order chi connectivity index (χ0) is 11.6. The quantitative estimate of drug-likeness (QED) is 0.803. The van der Waals surface area contributed by atoms with Crippen LogP contribution in [0.3, 0.4) is 0 Å². The summed E-state index contributed by atoms with van der Waals surface area (Å²) in [7, 11) is 0. The summed E-state index contributed by atoms with van der Waals surface area (Å²) < 4.78 is 38.8. The summed E-state index contributed by atoms with van der Waals surface area (Å²) in [5.74, 6) is -0.827. The number of rotatable bonds is 2. The van der Waals surface area contributed by atoms with Crippen LogP contribution in [0.15, 0.2) is 12.1 Å². The topological polar surface area (TPSA) is 65.2 Å². The molecule has 4 nitrogen and oxygen atoms in total. The number of hydrogen-bond donors (Lipinski definition) is 1. The highest BCUT2D eigenvalue weighted by Crippen LogP contribution is 2.23. The first-order valence-corrected chi connectivity index (χ1v) is 3.89. The number of aromatic nitrogens is 1. The molecule has 1 heterocycles. The number of hydrogen-bond acceptors (Lipinski definition) is 4. The van der Waals surface area contributed by atoms with Crippen LogP contribution in [0.25, 0.3) is 0 Å². The van der Waals surface area contributed by atoms with Crippen molar-refractivity contribution in [1.29, 1.82) is 0 Å². The van der Waals surface area contributed by atoms with Gasteiger partial charge in [0.25, 0.3) is 5.24 Å².